The van der Waals surface area contributed by atoms with Gasteiger partial charge in [-0.25, -0.2) is 0 Å². The molecule has 56 valence electrons. The third-order valence-corrected chi connectivity index (χ3v) is 1.84. The van der Waals surface area contributed by atoms with Crippen LogP contribution in [0.3, 0.4) is 0 Å². The zero-order valence-electron chi connectivity index (χ0n) is 6.26. The van der Waals surface area contributed by atoms with Gasteiger partial charge in [-0.2, -0.15) is 0 Å². The van der Waals surface area contributed by atoms with Crippen molar-refractivity contribution in [2.75, 3.05) is 7.05 Å². The molecular weight excluding hydrogens is 126 g/mol. The molecule has 2 nitrogen and oxygen atoms in total. The molecule has 0 spiro atoms. The van der Waals surface area contributed by atoms with Crippen molar-refractivity contribution in [3.8, 4) is 0 Å². The maximum Gasteiger partial charge on any atom is 0.220 e. The van der Waals surface area contributed by atoms with Crippen LogP contribution in [0.15, 0.2) is 12.2 Å². The minimum atomic E-state index is 0.150. The SMILES string of the molecule is CNC(=O)C[C@@H]1C=CCC1. The van der Waals surface area contributed by atoms with Crippen LogP contribution in [0.5, 0.6) is 0 Å². The molecule has 0 bridgehead atoms. The van der Waals surface area contributed by atoms with Gasteiger partial charge in [0.25, 0.3) is 0 Å². The maximum atomic E-state index is 10.8. The van der Waals surface area contributed by atoms with Crippen LogP contribution in [0.1, 0.15) is 19.3 Å². The zero-order valence-corrected chi connectivity index (χ0v) is 6.26. The molecule has 0 aromatic rings. The molecule has 0 heterocycles. The molecule has 0 saturated heterocycles. The molecular formula is C8H13NO. The Bertz CT molecular complexity index is 151. The number of hydrogen-bond acceptors (Lipinski definition) is 1. The average molecular weight is 139 g/mol. The Hall–Kier alpha value is -0.790. The van der Waals surface area contributed by atoms with Crippen LogP contribution in [0, 0.1) is 5.92 Å². The number of carbonyl (C=O) groups excluding carboxylic acids is 1. The topological polar surface area (TPSA) is 29.1 Å². The van der Waals surface area contributed by atoms with Gasteiger partial charge < -0.3 is 5.32 Å². The summed E-state index contributed by atoms with van der Waals surface area (Å²) in [5.74, 6) is 0.650. The van der Waals surface area contributed by atoms with Crippen molar-refractivity contribution >= 4 is 5.91 Å². The zero-order chi connectivity index (χ0) is 7.40. The van der Waals surface area contributed by atoms with Gasteiger partial charge in [0.05, 0.1) is 0 Å². The third-order valence-electron chi connectivity index (χ3n) is 1.84. The normalized spacial score (nSPS) is 23.1. The highest BCUT2D eigenvalue weighted by Gasteiger charge is 2.11. The van der Waals surface area contributed by atoms with Gasteiger partial charge in [-0.15, -0.1) is 0 Å². The average Bonchev–Trinajstić information content (AvgIpc) is 2.40. The van der Waals surface area contributed by atoms with E-state index in [1.165, 1.54) is 0 Å². The summed E-state index contributed by atoms with van der Waals surface area (Å²) in [6.45, 7) is 0. The van der Waals surface area contributed by atoms with Gasteiger partial charge >= 0.3 is 0 Å². The fourth-order valence-electron chi connectivity index (χ4n) is 1.21. The third kappa shape index (κ3) is 1.87. The van der Waals surface area contributed by atoms with Crippen LogP contribution in [-0.4, -0.2) is 13.0 Å². The molecule has 0 aromatic heterocycles. The van der Waals surface area contributed by atoms with E-state index in [1.807, 2.05) is 0 Å². The number of allylic oxidation sites excluding steroid dienone is 2. The highest BCUT2D eigenvalue weighted by molar-refractivity contribution is 5.76. The standard InChI is InChI=1S/C8H13NO/c1-9-8(10)6-7-4-2-3-5-7/h2,4,7H,3,5-6H2,1H3,(H,9,10)/t7-/m1/s1. The highest BCUT2D eigenvalue weighted by Crippen LogP contribution is 2.19. The molecule has 1 N–H and O–H groups in total. The lowest BCUT2D eigenvalue weighted by atomic mass is 10.1. The minimum Gasteiger partial charge on any atom is -0.359 e. The van der Waals surface area contributed by atoms with Gasteiger partial charge in [0.2, 0.25) is 5.91 Å². The molecule has 0 fully saturated rings. The van der Waals surface area contributed by atoms with Crippen LogP contribution in [0.25, 0.3) is 0 Å². The molecule has 1 rings (SSSR count). The minimum absolute atomic E-state index is 0.150. The molecule has 0 saturated carbocycles. The summed E-state index contributed by atoms with van der Waals surface area (Å²) in [7, 11) is 1.68. The molecule has 0 unspecified atom stereocenters. The van der Waals surface area contributed by atoms with E-state index in [1.54, 1.807) is 7.05 Å². The fourth-order valence-corrected chi connectivity index (χ4v) is 1.21. The van der Waals surface area contributed by atoms with Crippen molar-refractivity contribution in [2.45, 2.75) is 19.3 Å². The van der Waals surface area contributed by atoms with E-state index in [9.17, 15) is 4.79 Å². The summed E-state index contributed by atoms with van der Waals surface area (Å²) in [6.07, 6.45) is 7.23. The van der Waals surface area contributed by atoms with Gasteiger partial charge in [-0.1, -0.05) is 12.2 Å². The van der Waals surface area contributed by atoms with Crippen LogP contribution in [0.4, 0.5) is 0 Å². The first kappa shape index (κ1) is 7.32. The van der Waals surface area contributed by atoms with Gasteiger partial charge in [-0.05, 0) is 18.8 Å². The molecule has 1 amide bonds. The van der Waals surface area contributed by atoms with Crippen LogP contribution in [0.2, 0.25) is 0 Å². The second-order valence-corrected chi connectivity index (χ2v) is 2.64. The van der Waals surface area contributed by atoms with E-state index in [0.29, 0.717) is 12.3 Å². The Labute approximate surface area is 61.3 Å². The smallest absolute Gasteiger partial charge is 0.220 e. The summed E-state index contributed by atoms with van der Waals surface area (Å²) in [5, 5.41) is 2.62. The lowest BCUT2D eigenvalue weighted by Crippen LogP contribution is -2.19. The maximum absolute atomic E-state index is 10.8. The van der Waals surface area contributed by atoms with Crippen molar-refractivity contribution in [3.63, 3.8) is 0 Å². The Morgan fingerprint density at radius 1 is 1.80 bits per heavy atom. The van der Waals surface area contributed by atoms with Crippen LogP contribution >= 0.6 is 0 Å². The Morgan fingerprint density at radius 2 is 2.60 bits per heavy atom. The first-order valence-corrected chi connectivity index (χ1v) is 3.70. The molecule has 1 aliphatic carbocycles. The van der Waals surface area contributed by atoms with Crippen molar-refractivity contribution in [1.29, 1.82) is 0 Å². The molecule has 2 heteroatoms. The largest absolute Gasteiger partial charge is 0.359 e. The number of rotatable bonds is 2. The Kier molecular flexibility index (Phi) is 2.49. The monoisotopic (exact) mass is 139 g/mol. The first-order valence-electron chi connectivity index (χ1n) is 3.70. The number of nitrogens with one attached hydrogen (secondary N) is 1. The van der Waals surface area contributed by atoms with Crippen LogP contribution < -0.4 is 5.32 Å². The molecule has 0 radical (unpaired) electrons. The van der Waals surface area contributed by atoms with Gasteiger partial charge in [-0.3, -0.25) is 4.79 Å². The van der Waals surface area contributed by atoms with E-state index < -0.39 is 0 Å². The summed E-state index contributed by atoms with van der Waals surface area (Å²) < 4.78 is 0. The first-order chi connectivity index (χ1) is 4.83. The van der Waals surface area contributed by atoms with Gasteiger partial charge in [0.1, 0.15) is 0 Å². The lowest BCUT2D eigenvalue weighted by Gasteiger charge is -2.04. The van der Waals surface area contributed by atoms with Crippen molar-refractivity contribution in [1.82, 2.24) is 5.32 Å². The predicted molar refractivity (Wildman–Crippen MR) is 40.5 cm³/mol. The summed E-state index contributed by atoms with van der Waals surface area (Å²) in [6, 6.07) is 0. The van der Waals surface area contributed by atoms with E-state index in [-0.39, 0.29) is 5.91 Å². The number of amides is 1. The summed E-state index contributed by atoms with van der Waals surface area (Å²) in [4.78, 5) is 10.8. The van der Waals surface area contributed by atoms with Gasteiger partial charge in [0, 0.05) is 13.5 Å². The molecule has 10 heavy (non-hydrogen) atoms. The van der Waals surface area contributed by atoms with Crippen molar-refractivity contribution in [2.24, 2.45) is 5.92 Å². The highest BCUT2D eigenvalue weighted by atomic mass is 16.1. The van der Waals surface area contributed by atoms with E-state index >= 15 is 0 Å². The quantitative estimate of drug-likeness (QED) is 0.570. The van der Waals surface area contributed by atoms with E-state index in [4.69, 9.17) is 0 Å². The summed E-state index contributed by atoms with van der Waals surface area (Å²) >= 11 is 0. The van der Waals surface area contributed by atoms with Crippen molar-refractivity contribution < 1.29 is 4.79 Å². The fraction of sp³-hybridized carbons (Fsp3) is 0.625. The number of carbonyl (C=O) groups is 1. The summed E-state index contributed by atoms with van der Waals surface area (Å²) in [5.41, 5.74) is 0. The van der Waals surface area contributed by atoms with Crippen LogP contribution in [-0.2, 0) is 4.79 Å². The van der Waals surface area contributed by atoms with E-state index in [2.05, 4.69) is 17.5 Å². The lowest BCUT2D eigenvalue weighted by molar-refractivity contribution is -0.121. The second kappa shape index (κ2) is 3.40. The van der Waals surface area contributed by atoms with E-state index in [0.717, 1.165) is 12.8 Å². The molecule has 0 aromatic carbocycles. The second-order valence-electron chi connectivity index (χ2n) is 2.64. The molecule has 1 atom stereocenters. The van der Waals surface area contributed by atoms with Gasteiger partial charge in [0.15, 0.2) is 0 Å². The van der Waals surface area contributed by atoms with Crippen molar-refractivity contribution in [3.05, 3.63) is 12.2 Å². The predicted octanol–water partition coefficient (Wildman–Crippen LogP) is 1.09. The molecule has 0 aliphatic heterocycles. The number of hydrogen-bond donors (Lipinski definition) is 1. The molecule has 1 aliphatic rings. The Balaban J connectivity index is 2.24. The Morgan fingerprint density at radius 3 is 3.10 bits per heavy atom.